The maximum atomic E-state index is 13.1. The van der Waals surface area contributed by atoms with Crippen molar-refractivity contribution >= 4 is 23.7 Å². The van der Waals surface area contributed by atoms with E-state index >= 15 is 0 Å². The van der Waals surface area contributed by atoms with Gasteiger partial charge in [-0.2, -0.15) is 10.1 Å². The number of hydrazone groups is 1. The number of non-ortho nitro benzene ring substituents is 1. The highest BCUT2D eigenvalue weighted by atomic mass is 16.6. The Morgan fingerprint density at radius 3 is 2.27 bits per heavy atom. The predicted molar refractivity (Wildman–Crippen MR) is 121 cm³/mol. The van der Waals surface area contributed by atoms with Crippen molar-refractivity contribution < 1.29 is 14.5 Å². The maximum Gasteiger partial charge on any atom is 0.271 e. The molecule has 2 bridgehead atoms. The van der Waals surface area contributed by atoms with Crippen molar-refractivity contribution in [1.82, 2.24) is 9.58 Å². The number of hydrogen-bond acceptors (Lipinski definition) is 5. The number of benzene rings is 1. The van der Waals surface area contributed by atoms with Gasteiger partial charge in [-0.15, -0.1) is 0 Å². The molecule has 0 unspecified atom stereocenters. The number of imide groups is 1. The zero-order chi connectivity index (χ0) is 23.2. The van der Waals surface area contributed by atoms with E-state index in [0.29, 0.717) is 11.8 Å². The summed E-state index contributed by atoms with van der Waals surface area (Å²) in [6.07, 6.45) is 6.98. The normalized spacial score (nSPS) is 31.4. The molecule has 4 aliphatic carbocycles. The third-order valence-corrected chi connectivity index (χ3v) is 8.07. The van der Waals surface area contributed by atoms with E-state index in [1.807, 2.05) is 31.4 Å². The number of nitro groups is 1. The number of rotatable bonds is 4. The van der Waals surface area contributed by atoms with Crippen molar-refractivity contribution in [3.8, 4) is 5.69 Å². The highest BCUT2D eigenvalue weighted by molar-refractivity contribution is 6.06. The Labute approximate surface area is 190 Å². The zero-order valence-corrected chi connectivity index (χ0v) is 18.6. The number of hydrogen-bond donors (Lipinski definition) is 0. The molecule has 6 atom stereocenters. The summed E-state index contributed by atoms with van der Waals surface area (Å²) in [4.78, 5) is 37.1. The van der Waals surface area contributed by atoms with E-state index in [0.717, 1.165) is 39.6 Å². The van der Waals surface area contributed by atoms with E-state index in [2.05, 4.69) is 17.3 Å². The number of allylic oxidation sites excluding steroid dienone is 2. The predicted octanol–water partition coefficient (Wildman–Crippen LogP) is 3.70. The van der Waals surface area contributed by atoms with Crippen molar-refractivity contribution in [2.75, 3.05) is 0 Å². The molecule has 2 amide bonds. The van der Waals surface area contributed by atoms with E-state index in [4.69, 9.17) is 0 Å². The summed E-state index contributed by atoms with van der Waals surface area (Å²) in [6, 6.07) is 6.69. The highest BCUT2D eigenvalue weighted by Gasteiger charge is 2.67. The van der Waals surface area contributed by atoms with Crippen LogP contribution in [0.1, 0.15) is 28.9 Å². The summed E-state index contributed by atoms with van der Waals surface area (Å²) < 4.78 is 1.94. The van der Waals surface area contributed by atoms with Crippen molar-refractivity contribution in [3.05, 3.63) is 69.0 Å². The van der Waals surface area contributed by atoms with Crippen molar-refractivity contribution in [3.63, 3.8) is 0 Å². The Hall–Kier alpha value is -3.55. The minimum Gasteiger partial charge on any atom is -0.317 e. The van der Waals surface area contributed by atoms with Gasteiger partial charge in [0.15, 0.2) is 0 Å². The van der Waals surface area contributed by atoms with Gasteiger partial charge in [0, 0.05) is 29.1 Å². The molecule has 8 heteroatoms. The molecule has 5 aliphatic rings. The standard InChI is InChI=1S/C25H24N4O4/c1-12-4-5-16(29(32)33)9-21(12)27-13(2)8-15(14(27)3)11-26-28-24(30)22-17-6-7-18(20-10-19(17)20)23(22)25(28)31/h4-9,11,17-20,22-23H,10H2,1-3H3/b26-11-/t17-,18-,19-,20-,22-,23+/m0/s1. The van der Waals surface area contributed by atoms with Crippen LogP contribution in [0, 0.1) is 66.4 Å². The van der Waals surface area contributed by atoms with Crippen LogP contribution in [0.5, 0.6) is 0 Å². The molecular weight excluding hydrogens is 420 g/mol. The Balaban J connectivity index is 1.32. The van der Waals surface area contributed by atoms with Crippen LogP contribution < -0.4 is 0 Å². The minimum atomic E-state index is -0.407. The molecule has 8 nitrogen and oxygen atoms in total. The number of nitro benzene ring substituents is 1. The van der Waals surface area contributed by atoms with Gasteiger partial charge < -0.3 is 4.57 Å². The minimum absolute atomic E-state index is 0.0236. The van der Waals surface area contributed by atoms with Crippen LogP contribution in [-0.2, 0) is 9.59 Å². The first kappa shape index (κ1) is 20.1. The van der Waals surface area contributed by atoms with Crippen LogP contribution in [0.3, 0.4) is 0 Å². The van der Waals surface area contributed by atoms with Crippen molar-refractivity contribution in [2.45, 2.75) is 27.2 Å². The van der Waals surface area contributed by atoms with Gasteiger partial charge in [-0.05, 0) is 62.5 Å². The zero-order valence-electron chi connectivity index (χ0n) is 18.6. The fourth-order valence-corrected chi connectivity index (χ4v) is 6.42. The van der Waals surface area contributed by atoms with E-state index in [1.165, 1.54) is 6.07 Å². The van der Waals surface area contributed by atoms with Crippen LogP contribution in [-0.4, -0.2) is 32.5 Å². The second-order valence-electron chi connectivity index (χ2n) is 9.78. The van der Waals surface area contributed by atoms with E-state index in [-0.39, 0.29) is 41.2 Å². The Morgan fingerprint density at radius 2 is 1.67 bits per heavy atom. The fraction of sp³-hybridized carbons (Fsp3) is 0.400. The molecule has 33 heavy (non-hydrogen) atoms. The number of amides is 2. The number of nitrogens with zero attached hydrogens (tertiary/aromatic N) is 4. The van der Waals surface area contributed by atoms with Gasteiger partial charge in [0.25, 0.3) is 17.5 Å². The average Bonchev–Trinajstić information content (AvgIpc) is 3.51. The molecule has 1 aromatic heterocycles. The van der Waals surface area contributed by atoms with E-state index in [9.17, 15) is 19.7 Å². The van der Waals surface area contributed by atoms with Crippen LogP contribution in [0.15, 0.2) is 41.5 Å². The summed E-state index contributed by atoms with van der Waals surface area (Å²) >= 11 is 0. The first-order chi connectivity index (χ1) is 15.8. The molecule has 3 fully saturated rings. The van der Waals surface area contributed by atoms with E-state index in [1.54, 1.807) is 18.3 Å². The SMILES string of the molecule is Cc1ccc([N+](=O)[O-])cc1-n1c(C)cc(/C=N\N2C(=O)[C@@H]3[C@H]4C=C[C@@H]([C@@H]5C[C@@H]45)[C@@H]3C2=O)c1C. The van der Waals surface area contributed by atoms with Gasteiger partial charge in [-0.1, -0.05) is 18.2 Å². The number of aryl methyl sites for hydroxylation is 2. The molecule has 7 rings (SSSR count). The van der Waals surface area contributed by atoms with Gasteiger partial charge >= 0.3 is 0 Å². The molecule has 2 aromatic rings. The van der Waals surface area contributed by atoms with Crippen LogP contribution in [0.4, 0.5) is 5.69 Å². The topological polar surface area (TPSA) is 97.8 Å². The molecule has 2 saturated carbocycles. The highest BCUT2D eigenvalue weighted by Crippen LogP contribution is 2.65. The van der Waals surface area contributed by atoms with Gasteiger partial charge in [0.1, 0.15) is 0 Å². The second-order valence-corrected chi connectivity index (χ2v) is 9.78. The molecule has 1 aliphatic heterocycles. The molecule has 1 aromatic carbocycles. The lowest BCUT2D eigenvalue weighted by Crippen LogP contribution is -2.40. The van der Waals surface area contributed by atoms with Gasteiger partial charge in [-0.3, -0.25) is 19.7 Å². The number of carbonyl (C=O) groups excluding carboxylic acids is 2. The van der Waals surface area contributed by atoms with Crippen LogP contribution in [0.2, 0.25) is 0 Å². The first-order valence-corrected chi connectivity index (χ1v) is 11.3. The lowest BCUT2D eigenvalue weighted by atomic mass is 9.63. The summed E-state index contributed by atoms with van der Waals surface area (Å²) in [5.74, 6) is 0.537. The lowest BCUT2D eigenvalue weighted by molar-refractivity contribution is -0.384. The van der Waals surface area contributed by atoms with E-state index < -0.39 is 4.92 Å². The summed E-state index contributed by atoms with van der Waals surface area (Å²) in [7, 11) is 0. The molecule has 2 heterocycles. The largest absolute Gasteiger partial charge is 0.317 e. The molecular formula is C25H24N4O4. The van der Waals surface area contributed by atoms with Gasteiger partial charge in [-0.25, -0.2) is 0 Å². The Kier molecular flexibility index (Phi) is 4.09. The maximum absolute atomic E-state index is 13.1. The molecule has 0 radical (unpaired) electrons. The lowest BCUT2D eigenvalue weighted by Gasteiger charge is -2.37. The van der Waals surface area contributed by atoms with Crippen LogP contribution >= 0.6 is 0 Å². The second kappa shape index (κ2) is 6.73. The molecule has 0 N–H and O–H groups in total. The first-order valence-electron chi connectivity index (χ1n) is 11.3. The third kappa shape index (κ3) is 2.73. The third-order valence-electron chi connectivity index (χ3n) is 8.07. The van der Waals surface area contributed by atoms with Gasteiger partial charge in [0.2, 0.25) is 0 Å². The number of carbonyl (C=O) groups is 2. The summed E-state index contributed by atoms with van der Waals surface area (Å²) in [5.41, 5.74) is 4.13. The monoisotopic (exact) mass is 444 g/mol. The molecule has 0 spiro atoms. The average molecular weight is 444 g/mol. The summed E-state index contributed by atoms with van der Waals surface area (Å²) in [5, 5.41) is 16.7. The molecule has 168 valence electrons. The smallest absolute Gasteiger partial charge is 0.271 e. The molecule has 1 saturated heterocycles. The quantitative estimate of drug-likeness (QED) is 0.236. The van der Waals surface area contributed by atoms with Crippen molar-refractivity contribution in [2.24, 2.45) is 40.6 Å². The fourth-order valence-electron chi connectivity index (χ4n) is 6.42. The van der Waals surface area contributed by atoms with Crippen molar-refractivity contribution in [1.29, 1.82) is 0 Å². The Bertz CT molecular complexity index is 1270. The van der Waals surface area contributed by atoms with Crippen LogP contribution in [0.25, 0.3) is 5.69 Å². The van der Waals surface area contributed by atoms with Gasteiger partial charge in [0.05, 0.1) is 28.7 Å². The summed E-state index contributed by atoms with van der Waals surface area (Å²) in [6.45, 7) is 5.72. The Morgan fingerprint density at radius 1 is 1.03 bits per heavy atom. The number of aromatic nitrogens is 1.